The molecule has 0 heterocycles. The molecule has 0 atom stereocenters. The SMILES string of the molecule is [Na+].c1ccc([PH+](c2ccccc2)c2ccccc2)cc1. The molecule has 3 aromatic rings. The van der Waals surface area contributed by atoms with Gasteiger partial charge in [-0.25, -0.2) is 0 Å². The average Bonchev–Trinajstić information content (AvgIpc) is 2.51. The molecule has 0 aliphatic rings. The van der Waals surface area contributed by atoms with Gasteiger partial charge < -0.3 is 0 Å². The summed E-state index contributed by atoms with van der Waals surface area (Å²) in [6, 6.07) is 32.5. The van der Waals surface area contributed by atoms with E-state index < -0.39 is 7.92 Å². The second-order valence-corrected chi connectivity index (χ2v) is 6.96. The first kappa shape index (κ1) is 15.5. The minimum Gasteiger partial charge on any atom is -0.0620 e. The Balaban J connectivity index is 0.00000147. The molecule has 0 amide bonds. The Bertz CT molecular complexity index is 529. The van der Waals surface area contributed by atoms with E-state index in [9.17, 15) is 0 Å². The summed E-state index contributed by atoms with van der Waals surface area (Å²) in [6.07, 6.45) is 0. The summed E-state index contributed by atoms with van der Waals surface area (Å²) in [5.41, 5.74) is 0. The number of hydrogen-bond donors (Lipinski definition) is 0. The summed E-state index contributed by atoms with van der Waals surface area (Å²) in [5.74, 6) is 0. The smallest absolute Gasteiger partial charge is 0.0620 e. The average molecular weight is 286 g/mol. The zero-order valence-corrected chi connectivity index (χ0v) is 14.7. The second-order valence-electron chi connectivity index (χ2n) is 4.47. The zero-order valence-electron chi connectivity index (χ0n) is 11.7. The van der Waals surface area contributed by atoms with Crippen LogP contribution in [0.3, 0.4) is 0 Å². The first-order valence-electron chi connectivity index (χ1n) is 6.48. The second kappa shape index (κ2) is 7.76. The van der Waals surface area contributed by atoms with Crippen LogP contribution in [-0.2, 0) is 0 Å². The topological polar surface area (TPSA) is 0 Å². The first-order valence-corrected chi connectivity index (χ1v) is 7.98. The van der Waals surface area contributed by atoms with Crippen LogP contribution in [0.15, 0.2) is 91.0 Å². The number of rotatable bonds is 3. The van der Waals surface area contributed by atoms with Gasteiger partial charge in [0.25, 0.3) is 0 Å². The molecule has 0 saturated carbocycles. The Kier molecular flexibility index (Phi) is 6.01. The monoisotopic (exact) mass is 286 g/mol. The standard InChI is InChI=1S/C18H15P.Na/c1-4-10-16(11-5-1)19(17-12-6-2-7-13-17)18-14-8-3-9-15-18;/h1-15H;/q;+1/p+1. The zero-order chi connectivity index (χ0) is 12.9. The molecule has 0 unspecified atom stereocenters. The normalized spacial score (nSPS) is 10.1. The van der Waals surface area contributed by atoms with E-state index in [-0.39, 0.29) is 29.6 Å². The Morgan fingerprint density at radius 2 is 0.650 bits per heavy atom. The summed E-state index contributed by atoms with van der Waals surface area (Å²) in [5, 5.41) is 4.31. The molecular weight excluding hydrogens is 270 g/mol. The first-order chi connectivity index (χ1) is 9.45. The van der Waals surface area contributed by atoms with Crippen molar-refractivity contribution in [2.75, 3.05) is 0 Å². The van der Waals surface area contributed by atoms with E-state index in [2.05, 4.69) is 91.0 Å². The van der Waals surface area contributed by atoms with Crippen molar-refractivity contribution in [3.63, 3.8) is 0 Å². The summed E-state index contributed by atoms with van der Waals surface area (Å²) in [7, 11) is -0.877. The van der Waals surface area contributed by atoms with Gasteiger partial charge in [-0.05, 0) is 36.4 Å². The predicted molar refractivity (Wildman–Crippen MR) is 86.5 cm³/mol. The predicted octanol–water partition coefficient (Wildman–Crippen LogP) is 0.181. The van der Waals surface area contributed by atoms with Gasteiger partial charge in [0.05, 0.1) is 7.92 Å². The van der Waals surface area contributed by atoms with Crippen LogP contribution in [0.5, 0.6) is 0 Å². The molecule has 0 aliphatic heterocycles. The van der Waals surface area contributed by atoms with Crippen molar-refractivity contribution in [2.24, 2.45) is 0 Å². The van der Waals surface area contributed by atoms with E-state index in [4.69, 9.17) is 0 Å². The van der Waals surface area contributed by atoms with Crippen molar-refractivity contribution in [2.45, 2.75) is 0 Å². The van der Waals surface area contributed by atoms with Gasteiger partial charge in [-0.3, -0.25) is 0 Å². The molecule has 0 N–H and O–H groups in total. The molecule has 0 nitrogen and oxygen atoms in total. The molecule has 0 radical (unpaired) electrons. The van der Waals surface area contributed by atoms with Crippen molar-refractivity contribution in [1.29, 1.82) is 0 Å². The van der Waals surface area contributed by atoms with Crippen molar-refractivity contribution >= 4 is 23.8 Å². The van der Waals surface area contributed by atoms with E-state index in [1.165, 1.54) is 15.9 Å². The third-order valence-corrected chi connectivity index (χ3v) is 5.92. The van der Waals surface area contributed by atoms with Crippen LogP contribution in [0.25, 0.3) is 0 Å². The Hall–Kier alpha value is -0.910. The molecular formula is C18H16NaP+2. The van der Waals surface area contributed by atoms with E-state index in [0.717, 1.165) is 0 Å². The van der Waals surface area contributed by atoms with Crippen LogP contribution >= 0.6 is 7.92 Å². The van der Waals surface area contributed by atoms with E-state index in [1.807, 2.05) is 0 Å². The molecule has 0 aromatic heterocycles. The Labute approximate surface area is 143 Å². The van der Waals surface area contributed by atoms with E-state index >= 15 is 0 Å². The fourth-order valence-electron chi connectivity index (χ4n) is 2.31. The van der Waals surface area contributed by atoms with Crippen LogP contribution in [0.1, 0.15) is 0 Å². The molecule has 20 heavy (non-hydrogen) atoms. The maximum absolute atomic E-state index is 2.24. The fraction of sp³-hybridized carbons (Fsp3) is 0. The van der Waals surface area contributed by atoms with Crippen LogP contribution in [0, 0.1) is 0 Å². The number of hydrogen-bond acceptors (Lipinski definition) is 0. The van der Waals surface area contributed by atoms with Gasteiger partial charge in [0, 0.05) is 0 Å². The molecule has 92 valence electrons. The molecule has 0 spiro atoms. The fourth-order valence-corrected chi connectivity index (χ4v) is 4.89. The summed E-state index contributed by atoms with van der Waals surface area (Å²) in [6.45, 7) is 0. The Morgan fingerprint density at radius 3 is 0.900 bits per heavy atom. The van der Waals surface area contributed by atoms with Crippen LogP contribution < -0.4 is 45.5 Å². The third kappa shape index (κ3) is 3.59. The molecule has 0 bridgehead atoms. The van der Waals surface area contributed by atoms with E-state index in [1.54, 1.807) is 0 Å². The molecule has 3 aromatic carbocycles. The third-order valence-electron chi connectivity index (χ3n) is 3.19. The van der Waals surface area contributed by atoms with Crippen molar-refractivity contribution in [3.8, 4) is 0 Å². The van der Waals surface area contributed by atoms with Crippen LogP contribution in [-0.4, -0.2) is 0 Å². The minimum atomic E-state index is -0.877. The van der Waals surface area contributed by atoms with Crippen LogP contribution in [0.4, 0.5) is 0 Å². The van der Waals surface area contributed by atoms with Crippen molar-refractivity contribution < 1.29 is 29.6 Å². The summed E-state index contributed by atoms with van der Waals surface area (Å²) < 4.78 is 0. The van der Waals surface area contributed by atoms with Gasteiger partial charge in [-0.2, -0.15) is 0 Å². The molecule has 0 saturated heterocycles. The van der Waals surface area contributed by atoms with Crippen LogP contribution in [0.2, 0.25) is 0 Å². The minimum absolute atomic E-state index is 0. The van der Waals surface area contributed by atoms with Gasteiger partial charge in [0.1, 0.15) is 15.9 Å². The van der Waals surface area contributed by atoms with Crippen molar-refractivity contribution in [1.82, 2.24) is 0 Å². The molecule has 2 heteroatoms. The number of benzene rings is 3. The van der Waals surface area contributed by atoms with Gasteiger partial charge >= 0.3 is 29.6 Å². The summed E-state index contributed by atoms with van der Waals surface area (Å²) >= 11 is 0. The largest absolute Gasteiger partial charge is 1.00 e. The molecule has 3 rings (SSSR count). The maximum Gasteiger partial charge on any atom is 1.00 e. The van der Waals surface area contributed by atoms with Gasteiger partial charge in [-0.1, -0.05) is 54.6 Å². The summed E-state index contributed by atoms with van der Waals surface area (Å²) in [4.78, 5) is 0. The van der Waals surface area contributed by atoms with Gasteiger partial charge in [0.15, 0.2) is 0 Å². The van der Waals surface area contributed by atoms with Crippen molar-refractivity contribution in [3.05, 3.63) is 91.0 Å². The molecule has 0 fully saturated rings. The van der Waals surface area contributed by atoms with Gasteiger partial charge in [-0.15, -0.1) is 0 Å². The van der Waals surface area contributed by atoms with E-state index in [0.29, 0.717) is 0 Å². The quantitative estimate of drug-likeness (QED) is 0.476. The molecule has 0 aliphatic carbocycles. The Morgan fingerprint density at radius 1 is 0.400 bits per heavy atom. The maximum atomic E-state index is 2.24. The van der Waals surface area contributed by atoms with Gasteiger partial charge in [0.2, 0.25) is 0 Å².